The van der Waals surface area contributed by atoms with Crippen LogP contribution in [0, 0.1) is 0 Å². The summed E-state index contributed by atoms with van der Waals surface area (Å²) in [7, 11) is 0. The third-order valence-electron chi connectivity index (χ3n) is 2.10. The number of rotatable bonds is 4. The van der Waals surface area contributed by atoms with Crippen molar-refractivity contribution >= 4 is 0 Å². The van der Waals surface area contributed by atoms with Crippen LogP contribution in [0.4, 0.5) is 0 Å². The van der Waals surface area contributed by atoms with E-state index in [0.29, 0.717) is 39.3 Å². The molecule has 1 fully saturated rings. The molecule has 0 bridgehead atoms. The van der Waals surface area contributed by atoms with Gasteiger partial charge in [0.15, 0.2) is 12.6 Å². The van der Waals surface area contributed by atoms with Crippen molar-refractivity contribution in [3.8, 4) is 0 Å². The summed E-state index contributed by atoms with van der Waals surface area (Å²) in [6.45, 7) is 9.29. The monoisotopic (exact) mass is 228 g/mol. The lowest BCUT2D eigenvalue weighted by Gasteiger charge is -2.23. The van der Waals surface area contributed by atoms with Gasteiger partial charge in [-0.2, -0.15) is 0 Å². The molecule has 4 nitrogen and oxygen atoms in total. The molecule has 0 atom stereocenters. The summed E-state index contributed by atoms with van der Waals surface area (Å²) < 4.78 is 21.9. The Kier molecular flexibility index (Phi) is 7.09. The average Bonchev–Trinajstić information content (AvgIpc) is 2.29. The van der Waals surface area contributed by atoms with Crippen LogP contribution < -0.4 is 0 Å². The fourth-order valence-corrected chi connectivity index (χ4v) is 1.36. The molecule has 1 aliphatic heterocycles. The topological polar surface area (TPSA) is 36.9 Å². The fourth-order valence-electron chi connectivity index (χ4n) is 1.36. The minimum absolute atomic E-state index is 0.236. The van der Waals surface area contributed by atoms with Crippen molar-refractivity contribution < 1.29 is 18.9 Å². The van der Waals surface area contributed by atoms with Crippen molar-refractivity contribution in [2.24, 2.45) is 0 Å². The molecule has 0 N–H and O–H groups in total. The van der Waals surface area contributed by atoms with Crippen molar-refractivity contribution in [3.63, 3.8) is 0 Å². The summed E-state index contributed by atoms with van der Waals surface area (Å²) in [5.41, 5.74) is 0. The molecule has 1 saturated heterocycles. The van der Waals surface area contributed by atoms with Crippen LogP contribution in [0.25, 0.3) is 0 Å². The zero-order valence-corrected chi connectivity index (χ0v) is 9.60. The van der Waals surface area contributed by atoms with Crippen LogP contribution in [0.2, 0.25) is 0 Å². The van der Waals surface area contributed by atoms with Crippen LogP contribution in [0.1, 0.15) is 12.8 Å². The highest BCUT2D eigenvalue weighted by molar-refractivity contribution is 4.70. The normalized spacial score (nSPS) is 28.2. The molecule has 0 aliphatic carbocycles. The van der Waals surface area contributed by atoms with Crippen LogP contribution in [0.5, 0.6) is 0 Å². The maximum absolute atomic E-state index is 5.49. The lowest BCUT2D eigenvalue weighted by molar-refractivity contribution is -0.212. The summed E-state index contributed by atoms with van der Waals surface area (Å²) in [5.74, 6) is 0. The average molecular weight is 228 g/mol. The van der Waals surface area contributed by atoms with Crippen LogP contribution >= 0.6 is 0 Å². The maximum atomic E-state index is 5.49. The molecule has 16 heavy (non-hydrogen) atoms. The first-order valence-corrected chi connectivity index (χ1v) is 5.55. The van der Waals surface area contributed by atoms with Gasteiger partial charge in [0.1, 0.15) is 0 Å². The molecular weight excluding hydrogens is 208 g/mol. The Morgan fingerprint density at radius 2 is 1.06 bits per heavy atom. The lowest BCUT2D eigenvalue weighted by atomic mass is 10.4. The molecule has 0 aromatic rings. The van der Waals surface area contributed by atoms with Crippen molar-refractivity contribution in [1.82, 2.24) is 0 Å². The SMILES string of the molecule is C=CCC1OCCOC(CC=C)OCCO1. The second-order valence-electron chi connectivity index (χ2n) is 3.39. The third kappa shape index (κ3) is 5.42. The Bertz CT molecular complexity index is 171. The van der Waals surface area contributed by atoms with Gasteiger partial charge in [-0.25, -0.2) is 0 Å². The molecule has 1 aliphatic rings. The quantitative estimate of drug-likeness (QED) is 0.688. The van der Waals surface area contributed by atoms with E-state index in [1.165, 1.54) is 0 Å². The van der Waals surface area contributed by atoms with E-state index in [-0.39, 0.29) is 12.6 Å². The van der Waals surface area contributed by atoms with Crippen molar-refractivity contribution in [2.75, 3.05) is 26.4 Å². The summed E-state index contributed by atoms with van der Waals surface area (Å²) in [6, 6.07) is 0. The molecule has 0 aromatic carbocycles. The van der Waals surface area contributed by atoms with Gasteiger partial charge in [-0.1, -0.05) is 12.2 Å². The van der Waals surface area contributed by atoms with E-state index in [0.717, 1.165) is 0 Å². The Hall–Kier alpha value is -0.680. The number of hydrogen-bond donors (Lipinski definition) is 0. The lowest BCUT2D eigenvalue weighted by Crippen LogP contribution is -2.28. The van der Waals surface area contributed by atoms with Crippen LogP contribution in [-0.2, 0) is 18.9 Å². The predicted octanol–water partition coefficient (Wildman–Crippen LogP) is 1.87. The van der Waals surface area contributed by atoms with Crippen molar-refractivity contribution in [1.29, 1.82) is 0 Å². The molecule has 0 spiro atoms. The first-order valence-electron chi connectivity index (χ1n) is 5.55. The van der Waals surface area contributed by atoms with Gasteiger partial charge in [0, 0.05) is 12.8 Å². The van der Waals surface area contributed by atoms with Crippen molar-refractivity contribution in [2.45, 2.75) is 25.4 Å². The molecule has 4 heteroatoms. The predicted molar refractivity (Wildman–Crippen MR) is 61.0 cm³/mol. The van der Waals surface area contributed by atoms with Gasteiger partial charge in [0.05, 0.1) is 26.4 Å². The van der Waals surface area contributed by atoms with E-state index in [2.05, 4.69) is 13.2 Å². The van der Waals surface area contributed by atoms with Crippen LogP contribution in [0.15, 0.2) is 25.3 Å². The van der Waals surface area contributed by atoms with Gasteiger partial charge in [-0.15, -0.1) is 13.2 Å². The Balaban J connectivity index is 2.30. The molecule has 0 amide bonds. The summed E-state index contributed by atoms with van der Waals surface area (Å²) in [4.78, 5) is 0. The zero-order valence-electron chi connectivity index (χ0n) is 9.60. The molecule has 1 rings (SSSR count). The van der Waals surface area contributed by atoms with E-state index < -0.39 is 0 Å². The Morgan fingerprint density at radius 1 is 0.750 bits per heavy atom. The highest BCUT2D eigenvalue weighted by atomic mass is 16.7. The first kappa shape index (κ1) is 13.4. The van der Waals surface area contributed by atoms with Crippen LogP contribution in [-0.4, -0.2) is 39.0 Å². The second-order valence-corrected chi connectivity index (χ2v) is 3.39. The van der Waals surface area contributed by atoms with Gasteiger partial charge in [-0.3, -0.25) is 0 Å². The van der Waals surface area contributed by atoms with Crippen LogP contribution in [0.3, 0.4) is 0 Å². The smallest absolute Gasteiger partial charge is 0.161 e. The molecule has 92 valence electrons. The van der Waals surface area contributed by atoms with E-state index in [1.54, 1.807) is 12.2 Å². The maximum Gasteiger partial charge on any atom is 0.161 e. The summed E-state index contributed by atoms with van der Waals surface area (Å²) in [5, 5.41) is 0. The van der Waals surface area contributed by atoms with E-state index in [1.807, 2.05) is 0 Å². The second kappa shape index (κ2) is 8.47. The molecule has 1 heterocycles. The van der Waals surface area contributed by atoms with E-state index in [9.17, 15) is 0 Å². The van der Waals surface area contributed by atoms with Gasteiger partial charge in [0.2, 0.25) is 0 Å². The zero-order chi connectivity index (χ0) is 11.6. The first-order chi connectivity index (χ1) is 7.86. The van der Waals surface area contributed by atoms with Gasteiger partial charge in [-0.05, 0) is 0 Å². The Morgan fingerprint density at radius 3 is 1.31 bits per heavy atom. The summed E-state index contributed by atoms with van der Waals surface area (Å²) >= 11 is 0. The Labute approximate surface area is 96.8 Å². The minimum Gasteiger partial charge on any atom is -0.350 e. The van der Waals surface area contributed by atoms with E-state index in [4.69, 9.17) is 18.9 Å². The standard InChI is InChI=1S/C12H20O4/c1-3-5-11-13-7-9-15-12(6-4-2)16-10-8-14-11/h3-4,11-12H,1-2,5-10H2. The number of hydrogen-bond acceptors (Lipinski definition) is 4. The highest BCUT2D eigenvalue weighted by Crippen LogP contribution is 2.07. The largest absolute Gasteiger partial charge is 0.350 e. The summed E-state index contributed by atoms with van der Waals surface area (Å²) in [6.07, 6.45) is 4.44. The highest BCUT2D eigenvalue weighted by Gasteiger charge is 2.13. The molecular formula is C12H20O4. The number of ether oxygens (including phenoxy) is 4. The van der Waals surface area contributed by atoms with Crippen molar-refractivity contribution in [3.05, 3.63) is 25.3 Å². The molecule has 0 radical (unpaired) electrons. The molecule has 0 saturated carbocycles. The fraction of sp³-hybridized carbons (Fsp3) is 0.667. The molecule has 0 aromatic heterocycles. The van der Waals surface area contributed by atoms with E-state index >= 15 is 0 Å². The van der Waals surface area contributed by atoms with Gasteiger partial charge < -0.3 is 18.9 Å². The van der Waals surface area contributed by atoms with Gasteiger partial charge >= 0.3 is 0 Å². The van der Waals surface area contributed by atoms with Gasteiger partial charge in [0.25, 0.3) is 0 Å². The minimum atomic E-state index is -0.236. The molecule has 0 unspecified atom stereocenters. The third-order valence-corrected chi connectivity index (χ3v) is 2.10.